The second kappa shape index (κ2) is 4.73. The van der Waals surface area contributed by atoms with Gasteiger partial charge in [-0.3, -0.25) is 0 Å². The molecule has 0 aliphatic carbocycles. The van der Waals surface area contributed by atoms with Gasteiger partial charge < -0.3 is 10.1 Å². The van der Waals surface area contributed by atoms with Crippen molar-refractivity contribution in [3.05, 3.63) is 28.3 Å². The van der Waals surface area contributed by atoms with Gasteiger partial charge in [0.05, 0.1) is 23.2 Å². The van der Waals surface area contributed by atoms with Crippen molar-refractivity contribution in [2.75, 3.05) is 18.5 Å². The van der Waals surface area contributed by atoms with E-state index in [2.05, 4.69) is 11.4 Å². The zero-order chi connectivity index (χ0) is 11.5. The van der Waals surface area contributed by atoms with Crippen molar-refractivity contribution < 1.29 is 4.74 Å². The lowest BCUT2D eigenvalue weighted by molar-refractivity contribution is 0.195. The lowest BCUT2D eigenvalue weighted by Gasteiger charge is -2.15. The van der Waals surface area contributed by atoms with Crippen LogP contribution in [0.3, 0.4) is 0 Å². The summed E-state index contributed by atoms with van der Waals surface area (Å²) in [5.74, 6) is 0. The van der Waals surface area contributed by atoms with Crippen LogP contribution in [0.1, 0.15) is 17.5 Å². The largest absolute Gasteiger partial charge is 0.380 e. The van der Waals surface area contributed by atoms with E-state index in [-0.39, 0.29) is 0 Å². The van der Waals surface area contributed by atoms with Crippen LogP contribution in [0.15, 0.2) is 12.1 Å². The minimum atomic E-state index is 0.350. The number of nitrogens with one attached hydrogen (secondary N) is 1. The molecule has 0 spiro atoms. The third-order valence-electron chi connectivity index (χ3n) is 2.80. The highest BCUT2D eigenvalue weighted by Crippen LogP contribution is 2.28. The van der Waals surface area contributed by atoms with Gasteiger partial charge >= 0.3 is 0 Å². The highest BCUT2D eigenvalue weighted by molar-refractivity contribution is 6.32. The lowest BCUT2D eigenvalue weighted by Crippen LogP contribution is -2.19. The van der Waals surface area contributed by atoms with Crippen molar-refractivity contribution in [3.63, 3.8) is 0 Å². The third-order valence-corrected chi connectivity index (χ3v) is 3.28. The Balaban J connectivity index is 2.22. The molecule has 0 amide bonds. The average molecular weight is 237 g/mol. The molecule has 1 heterocycles. The number of hydrogen-bond donors (Lipinski definition) is 1. The molecule has 1 N–H and O–H groups in total. The molecule has 2 rings (SSSR count). The second-order valence-corrected chi connectivity index (χ2v) is 4.29. The number of halogens is 1. The molecule has 1 atom stereocenters. The van der Waals surface area contributed by atoms with Crippen molar-refractivity contribution in [1.29, 1.82) is 5.26 Å². The molecule has 0 aromatic heterocycles. The molecular weight excluding hydrogens is 224 g/mol. The highest BCUT2D eigenvalue weighted by atomic mass is 35.5. The summed E-state index contributed by atoms with van der Waals surface area (Å²) < 4.78 is 5.30. The van der Waals surface area contributed by atoms with Gasteiger partial charge in [-0.25, -0.2) is 0 Å². The van der Waals surface area contributed by atoms with Gasteiger partial charge in [-0.05, 0) is 31.0 Å². The Kier molecular flexibility index (Phi) is 3.33. The van der Waals surface area contributed by atoms with Gasteiger partial charge in [0.15, 0.2) is 0 Å². The third kappa shape index (κ3) is 2.13. The van der Waals surface area contributed by atoms with E-state index in [0.29, 0.717) is 16.6 Å². The Morgan fingerprint density at radius 3 is 3.00 bits per heavy atom. The molecule has 1 saturated heterocycles. The van der Waals surface area contributed by atoms with Gasteiger partial charge in [0, 0.05) is 12.3 Å². The molecule has 1 aliphatic heterocycles. The first-order valence-corrected chi connectivity index (χ1v) is 5.63. The van der Waals surface area contributed by atoms with E-state index in [4.69, 9.17) is 21.6 Å². The van der Waals surface area contributed by atoms with Gasteiger partial charge in [0.1, 0.15) is 6.07 Å². The maximum Gasteiger partial charge on any atom is 0.101 e. The van der Waals surface area contributed by atoms with Crippen LogP contribution in [0.25, 0.3) is 0 Å². The summed E-state index contributed by atoms with van der Waals surface area (Å²) in [6.45, 7) is 3.46. The van der Waals surface area contributed by atoms with Crippen molar-refractivity contribution >= 4 is 17.3 Å². The second-order valence-electron chi connectivity index (χ2n) is 3.92. The summed E-state index contributed by atoms with van der Waals surface area (Å²) in [6, 6.07) is 6.07. The number of hydrogen-bond acceptors (Lipinski definition) is 3. The fourth-order valence-corrected chi connectivity index (χ4v) is 2.00. The highest BCUT2D eigenvalue weighted by Gasteiger charge is 2.17. The van der Waals surface area contributed by atoms with Crippen LogP contribution in [-0.4, -0.2) is 19.3 Å². The molecule has 3 nitrogen and oxygen atoms in total. The summed E-state index contributed by atoms with van der Waals surface area (Å²) in [7, 11) is 0. The molecular formula is C12H13ClN2O. The summed E-state index contributed by atoms with van der Waals surface area (Å²) in [6.07, 6.45) is 1.01. The fraction of sp³-hybridized carbons (Fsp3) is 0.417. The topological polar surface area (TPSA) is 45.0 Å². The maximum atomic E-state index is 8.84. The Morgan fingerprint density at radius 1 is 1.56 bits per heavy atom. The zero-order valence-corrected chi connectivity index (χ0v) is 9.84. The number of benzene rings is 1. The van der Waals surface area contributed by atoms with E-state index >= 15 is 0 Å². The monoisotopic (exact) mass is 236 g/mol. The molecule has 84 valence electrons. The fourth-order valence-electron chi connectivity index (χ4n) is 1.80. The predicted octanol–water partition coefficient (Wildman–Crippen LogP) is 2.72. The Morgan fingerprint density at radius 2 is 2.38 bits per heavy atom. The first kappa shape index (κ1) is 11.3. The van der Waals surface area contributed by atoms with Gasteiger partial charge in [-0.1, -0.05) is 11.6 Å². The van der Waals surface area contributed by atoms with E-state index in [1.165, 1.54) is 0 Å². The van der Waals surface area contributed by atoms with Crippen LogP contribution in [-0.2, 0) is 4.74 Å². The number of rotatable bonds is 2. The molecule has 16 heavy (non-hydrogen) atoms. The minimum absolute atomic E-state index is 0.350. The minimum Gasteiger partial charge on any atom is -0.380 e. The molecule has 1 aliphatic rings. The number of ether oxygens (including phenoxy) is 1. The van der Waals surface area contributed by atoms with E-state index in [0.717, 1.165) is 30.9 Å². The Bertz CT molecular complexity index is 433. The van der Waals surface area contributed by atoms with E-state index in [1.54, 1.807) is 6.07 Å². The van der Waals surface area contributed by atoms with Crippen LogP contribution in [0.4, 0.5) is 5.69 Å². The van der Waals surface area contributed by atoms with Crippen molar-refractivity contribution in [3.8, 4) is 6.07 Å². The quantitative estimate of drug-likeness (QED) is 0.859. The molecule has 4 heteroatoms. The summed E-state index contributed by atoms with van der Waals surface area (Å²) in [4.78, 5) is 0. The number of nitrogens with zero attached hydrogens (tertiary/aromatic N) is 1. The van der Waals surface area contributed by atoms with Crippen LogP contribution < -0.4 is 5.32 Å². The van der Waals surface area contributed by atoms with Gasteiger partial charge in [0.2, 0.25) is 0 Å². The molecule has 0 bridgehead atoms. The SMILES string of the molecule is Cc1c(N[C@H]2CCOC2)ccc(C#N)c1Cl. The Hall–Kier alpha value is -1.24. The van der Waals surface area contributed by atoms with Crippen molar-refractivity contribution in [2.45, 2.75) is 19.4 Å². The first-order chi connectivity index (χ1) is 7.72. The molecule has 1 fully saturated rings. The van der Waals surface area contributed by atoms with Crippen LogP contribution in [0.2, 0.25) is 5.02 Å². The predicted molar refractivity (Wildman–Crippen MR) is 63.8 cm³/mol. The normalized spacial score (nSPS) is 19.4. The van der Waals surface area contributed by atoms with E-state index < -0.39 is 0 Å². The number of anilines is 1. The zero-order valence-electron chi connectivity index (χ0n) is 9.09. The molecule has 0 unspecified atom stereocenters. The summed E-state index contributed by atoms with van der Waals surface area (Å²) in [5.41, 5.74) is 2.43. The van der Waals surface area contributed by atoms with Crippen LogP contribution in [0.5, 0.6) is 0 Å². The lowest BCUT2D eigenvalue weighted by atomic mass is 10.1. The van der Waals surface area contributed by atoms with Gasteiger partial charge in [0.25, 0.3) is 0 Å². The summed E-state index contributed by atoms with van der Waals surface area (Å²) >= 11 is 6.09. The van der Waals surface area contributed by atoms with Crippen LogP contribution in [0, 0.1) is 18.3 Å². The van der Waals surface area contributed by atoms with Gasteiger partial charge in [-0.2, -0.15) is 5.26 Å². The van der Waals surface area contributed by atoms with Crippen molar-refractivity contribution in [1.82, 2.24) is 0 Å². The van der Waals surface area contributed by atoms with Crippen LogP contribution >= 0.6 is 11.6 Å². The van der Waals surface area contributed by atoms with E-state index in [9.17, 15) is 0 Å². The standard InChI is InChI=1S/C12H13ClN2O/c1-8-11(15-10-4-5-16-7-10)3-2-9(6-14)12(8)13/h2-3,10,15H,4-5,7H2,1H3/t10-/m0/s1. The molecule has 0 saturated carbocycles. The number of nitriles is 1. The molecule has 1 aromatic carbocycles. The maximum absolute atomic E-state index is 8.84. The van der Waals surface area contributed by atoms with E-state index in [1.807, 2.05) is 13.0 Å². The first-order valence-electron chi connectivity index (χ1n) is 5.26. The molecule has 1 aromatic rings. The average Bonchev–Trinajstić information content (AvgIpc) is 2.78. The van der Waals surface area contributed by atoms with Gasteiger partial charge in [-0.15, -0.1) is 0 Å². The van der Waals surface area contributed by atoms with Crippen molar-refractivity contribution in [2.24, 2.45) is 0 Å². The Labute approximate surface area is 100.0 Å². The smallest absolute Gasteiger partial charge is 0.101 e. The summed E-state index contributed by atoms with van der Waals surface area (Å²) in [5, 5.41) is 12.8. The molecule has 0 radical (unpaired) electrons.